The van der Waals surface area contributed by atoms with Crippen molar-refractivity contribution in [2.75, 3.05) is 19.8 Å². The van der Waals surface area contributed by atoms with E-state index in [0.29, 0.717) is 0 Å². The van der Waals surface area contributed by atoms with E-state index in [1.165, 1.54) is 36.4 Å². The number of carbonyl (C=O) groups is 8. The molecule has 2 unspecified atom stereocenters. The minimum absolute atomic E-state index is 0.0128. The Morgan fingerprint density at radius 1 is 0.942 bits per heavy atom. The van der Waals surface area contributed by atoms with Crippen LogP contribution in [0.3, 0.4) is 0 Å². The van der Waals surface area contributed by atoms with Gasteiger partial charge in [0.2, 0.25) is 5.91 Å². The zero-order chi connectivity index (χ0) is 38.7. The van der Waals surface area contributed by atoms with E-state index in [9.17, 15) is 58.8 Å². The molecule has 0 radical (unpaired) electrons. The van der Waals surface area contributed by atoms with Gasteiger partial charge in [-0.2, -0.15) is 0 Å². The second-order valence-electron chi connectivity index (χ2n) is 13.1. The van der Waals surface area contributed by atoms with Crippen LogP contribution in [0, 0.1) is 23.7 Å². The van der Waals surface area contributed by atoms with Crippen LogP contribution in [0.4, 0.5) is 0 Å². The maximum atomic E-state index is 13.9. The topological polar surface area (TPSA) is 271 Å². The number of benzene rings is 1. The molecule has 3 aliphatic rings. The fourth-order valence-electron chi connectivity index (χ4n) is 6.97. The van der Waals surface area contributed by atoms with E-state index in [0.717, 1.165) is 0 Å². The summed E-state index contributed by atoms with van der Waals surface area (Å²) in [5, 5.41) is 44.8. The molecule has 52 heavy (non-hydrogen) atoms. The third-order valence-corrected chi connectivity index (χ3v) is 9.60. The number of fused-ring (bicyclic) bond motifs is 3. The summed E-state index contributed by atoms with van der Waals surface area (Å²) in [6, 6.07) is 2.87. The number of hydrogen-bond acceptors (Lipinski definition) is 15. The Labute approximate surface area is 296 Å². The molecule has 2 saturated carbocycles. The Morgan fingerprint density at radius 2 is 1.48 bits per heavy atom. The van der Waals surface area contributed by atoms with E-state index >= 15 is 0 Å². The van der Waals surface area contributed by atoms with E-state index in [-0.39, 0.29) is 29.5 Å². The highest BCUT2D eigenvalue weighted by atomic mass is 16.6. The number of rotatable bonds is 14. The fraction of sp³-hybridized carbons (Fsp3) is 0.444. The number of amides is 1. The number of esters is 3. The van der Waals surface area contributed by atoms with Crippen molar-refractivity contribution in [1.82, 2.24) is 0 Å². The predicted molar refractivity (Wildman–Crippen MR) is 176 cm³/mol. The molecule has 0 saturated heterocycles. The molecule has 0 heterocycles. The molecule has 0 bridgehead atoms. The van der Waals surface area contributed by atoms with Gasteiger partial charge in [-0.1, -0.05) is 43.4 Å². The van der Waals surface area contributed by atoms with Crippen molar-refractivity contribution in [3.63, 3.8) is 0 Å². The number of carbonyl (C=O) groups excluding carboxylic acids is 8. The summed E-state index contributed by atoms with van der Waals surface area (Å²) >= 11 is 0. The molecule has 1 aromatic carbocycles. The molecule has 2 fully saturated rings. The van der Waals surface area contributed by atoms with Gasteiger partial charge in [0.05, 0.1) is 36.8 Å². The maximum Gasteiger partial charge on any atom is 0.309 e. The molecule has 1 amide bonds. The zero-order valence-electron chi connectivity index (χ0n) is 28.1. The van der Waals surface area contributed by atoms with Gasteiger partial charge < -0.3 is 40.4 Å². The Bertz CT molecular complexity index is 1730. The number of aromatic hydroxyl groups is 1. The molecular weight excluding hydrogens is 686 g/mol. The normalized spacial score (nSPS) is 26.8. The third kappa shape index (κ3) is 7.35. The number of phenols is 1. The van der Waals surface area contributed by atoms with Crippen molar-refractivity contribution in [2.45, 2.75) is 55.8 Å². The highest BCUT2D eigenvalue weighted by Gasteiger charge is 2.69. The van der Waals surface area contributed by atoms with Gasteiger partial charge in [0.15, 0.2) is 40.3 Å². The molecule has 1 aromatic rings. The molecule has 7 atom stereocenters. The average Bonchev–Trinajstić information content (AvgIpc) is 3.08. The molecule has 16 nitrogen and oxygen atoms in total. The Balaban J connectivity index is 1.51. The lowest BCUT2D eigenvalue weighted by Crippen LogP contribution is -2.72. The Hall–Kier alpha value is -5.32. The van der Waals surface area contributed by atoms with Crippen LogP contribution in [-0.4, -0.2) is 105 Å². The van der Waals surface area contributed by atoms with Crippen LogP contribution in [0.1, 0.15) is 60.0 Å². The van der Waals surface area contributed by atoms with Crippen LogP contribution in [0.5, 0.6) is 5.75 Å². The number of primary amides is 1. The largest absolute Gasteiger partial charge is 0.507 e. The summed E-state index contributed by atoms with van der Waals surface area (Å²) in [6.07, 6.45) is 1.88. The first-order valence-electron chi connectivity index (χ1n) is 16.2. The predicted octanol–water partition coefficient (Wildman–Crippen LogP) is -0.225. The first-order valence-corrected chi connectivity index (χ1v) is 16.2. The average molecular weight is 726 g/mol. The Morgan fingerprint density at radius 3 is 2.00 bits per heavy atom. The molecule has 278 valence electrons. The zero-order valence-corrected chi connectivity index (χ0v) is 28.1. The number of nitrogens with two attached hydrogens (primary N) is 1. The number of ether oxygens (including phenoxy) is 3. The summed E-state index contributed by atoms with van der Waals surface area (Å²) in [5.74, 6) is -16.7. The summed E-state index contributed by atoms with van der Waals surface area (Å²) in [7, 11) is 0. The SMILES string of the molecule is C=CCC(=O)OCC(O)(COC(=O)CC=C)COC(=O)CC=Cc1ccc2c(c1O)C(=O)C1C(=O)[C@]3(O)C(=O)C(C(N)=O)C(=O)C[C@@H]3[C@@H](O)[C@@H]1[C@H]2C. The molecule has 0 spiro atoms. The van der Waals surface area contributed by atoms with Crippen LogP contribution in [-0.2, 0) is 47.8 Å². The lowest BCUT2D eigenvalue weighted by atomic mass is 9.50. The van der Waals surface area contributed by atoms with Crippen molar-refractivity contribution in [3.05, 3.63) is 60.2 Å². The number of Topliss-reactive ketones (excluding diaryl/α,β-unsaturated/α-hetero) is 4. The maximum absolute atomic E-state index is 13.9. The Kier molecular flexibility index (Phi) is 11.8. The summed E-state index contributed by atoms with van der Waals surface area (Å²) < 4.78 is 15.0. The van der Waals surface area contributed by atoms with Crippen LogP contribution in [0.2, 0.25) is 0 Å². The number of hydrogen-bond donors (Lipinski definition) is 5. The van der Waals surface area contributed by atoms with Crippen LogP contribution in [0.15, 0.2) is 43.5 Å². The van der Waals surface area contributed by atoms with E-state index in [1.54, 1.807) is 6.92 Å². The molecule has 3 aliphatic carbocycles. The van der Waals surface area contributed by atoms with Gasteiger partial charge in [-0.25, -0.2) is 0 Å². The fourth-order valence-corrected chi connectivity index (χ4v) is 6.97. The lowest BCUT2D eigenvalue weighted by molar-refractivity contribution is -0.189. The molecular formula is C36H39NO15. The van der Waals surface area contributed by atoms with Crippen LogP contribution >= 0.6 is 0 Å². The van der Waals surface area contributed by atoms with Crippen molar-refractivity contribution in [3.8, 4) is 5.75 Å². The van der Waals surface area contributed by atoms with Gasteiger partial charge >= 0.3 is 17.9 Å². The number of aliphatic hydroxyl groups is 3. The number of aliphatic hydroxyl groups excluding tert-OH is 1. The van der Waals surface area contributed by atoms with E-state index in [1.807, 2.05) is 0 Å². The lowest BCUT2D eigenvalue weighted by Gasteiger charge is -2.52. The van der Waals surface area contributed by atoms with E-state index in [4.69, 9.17) is 19.9 Å². The van der Waals surface area contributed by atoms with Gasteiger partial charge in [0.25, 0.3) is 0 Å². The van der Waals surface area contributed by atoms with Crippen molar-refractivity contribution in [1.29, 1.82) is 0 Å². The standard InChI is InChI=1S/C36H39NO15/c1-4-7-22(39)50-14-35(48,15-51-23(40)8-5-2)16-52-24(41)10-6-9-18-11-12-19-17(3)25-28(31(44)26(19)29(18)42)33(46)36(49)20(30(25)43)13-21(38)27(32(36)45)34(37)47/h4-6,9,11-12,17,20,25,27-28,30,42-43,48-49H,1-2,7-8,10,13-16H2,3H3,(H2,37,47)/t17-,20+,25+,27?,28?,30+,36+/m0/s1. The van der Waals surface area contributed by atoms with E-state index in [2.05, 4.69) is 13.2 Å². The minimum Gasteiger partial charge on any atom is -0.507 e. The van der Waals surface area contributed by atoms with Gasteiger partial charge in [-0.3, -0.25) is 38.4 Å². The summed E-state index contributed by atoms with van der Waals surface area (Å²) in [4.78, 5) is 101. The summed E-state index contributed by atoms with van der Waals surface area (Å²) in [5.41, 5.74) is -0.0335. The van der Waals surface area contributed by atoms with Crippen LogP contribution < -0.4 is 5.73 Å². The molecule has 0 aromatic heterocycles. The smallest absolute Gasteiger partial charge is 0.309 e. The quantitative estimate of drug-likeness (QED) is 0.0718. The van der Waals surface area contributed by atoms with E-state index < -0.39 is 132 Å². The molecule has 0 aliphatic heterocycles. The molecule has 16 heteroatoms. The van der Waals surface area contributed by atoms with Gasteiger partial charge in [0.1, 0.15) is 25.6 Å². The van der Waals surface area contributed by atoms with Crippen LogP contribution in [0.25, 0.3) is 6.08 Å². The second kappa shape index (κ2) is 15.5. The highest BCUT2D eigenvalue weighted by molar-refractivity contribution is 6.31. The van der Waals surface area contributed by atoms with Crippen molar-refractivity contribution < 1.29 is 73.0 Å². The number of ketones is 4. The first kappa shape index (κ1) is 39.5. The second-order valence-corrected chi connectivity index (χ2v) is 13.1. The third-order valence-electron chi connectivity index (χ3n) is 9.60. The van der Waals surface area contributed by atoms with Gasteiger partial charge in [-0.15, -0.1) is 13.2 Å². The summed E-state index contributed by atoms with van der Waals surface area (Å²) in [6.45, 7) is 6.26. The highest BCUT2D eigenvalue weighted by Crippen LogP contribution is 2.54. The van der Waals surface area contributed by atoms with Crippen molar-refractivity contribution in [2.24, 2.45) is 29.4 Å². The first-order chi connectivity index (χ1) is 24.4. The number of phenolic OH excluding ortho intramolecular Hbond substituents is 1. The molecule has 6 N–H and O–H groups in total. The minimum atomic E-state index is -3.05. The molecule has 4 rings (SSSR count). The van der Waals surface area contributed by atoms with Gasteiger partial charge in [-0.05, 0) is 11.5 Å². The monoisotopic (exact) mass is 725 g/mol. The van der Waals surface area contributed by atoms with Crippen molar-refractivity contribution >= 4 is 53.0 Å². The van der Waals surface area contributed by atoms with Gasteiger partial charge in [0, 0.05) is 23.8 Å².